The predicted octanol–water partition coefficient (Wildman–Crippen LogP) is 1.53. The van der Waals surface area contributed by atoms with E-state index >= 15 is 0 Å². The van der Waals surface area contributed by atoms with E-state index in [2.05, 4.69) is 6.08 Å². The molecule has 0 atom stereocenters. The Kier molecular flexibility index (Phi) is 1.53. The van der Waals surface area contributed by atoms with Gasteiger partial charge in [0.1, 0.15) is 5.03 Å². The monoisotopic (exact) mass is 126 g/mol. The van der Waals surface area contributed by atoms with Crippen molar-refractivity contribution in [1.82, 2.24) is 4.90 Å². The second-order valence-electron chi connectivity index (χ2n) is 1.81. The van der Waals surface area contributed by atoms with E-state index in [0.29, 0.717) is 0 Å². The van der Waals surface area contributed by atoms with E-state index in [4.69, 9.17) is 12.6 Å². The van der Waals surface area contributed by atoms with Crippen LogP contribution in [0.5, 0.6) is 0 Å². The lowest BCUT2D eigenvalue weighted by atomic mass is 10.4. The van der Waals surface area contributed by atoms with Crippen molar-refractivity contribution in [1.29, 1.82) is 0 Å². The summed E-state index contributed by atoms with van der Waals surface area (Å²) in [5.41, 5.74) is 0. The molecule has 0 saturated heterocycles. The molecule has 0 amide bonds. The molecule has 1 radical (unpaired) electrons. The average Bonchev–Trinajstić information content (AvgIpc) is 1.77. The molecule has 0 fully saturated rings. The highest BCUT2D eigenvalue weighted by molar-refractivity contribution is 7.84. The van der Waals surface area contributed by atoms with Crippen LogP contribution in [0.4, 0.5) is 0 Å². The van der Waals surface area contributed by atoms with Gasteiger partial charge in [0.15, 0.2) is 0 Å². The third-order valence-electron chi connectivity index (χ3n) is 1.13. The Morgan fingerprint density at radius 3 is 2.88 bits per heavy atom. The molecule has 2 heteroatoms. The van der Waals surface area contributed by atoms with Gasteiger partial charge in [0, 0.05) is 13.6 Å². The molecule has 0 aromatic rings. The minimum absolute atomic E-state index is 0.924. The maximum atomic E-state index is 4.95. The van der Waals surface area contributed by atoms with Crippen molar-refractivity contribution >= 4 is 12.6 Å². The van der Waals surface area contributed by atoms with Crippen LogP contribution >= 0.6 is 12.6 Å². The quantitative estimate of drug-likeness (QED) is 0.475. The van der Waals surface area contributed by atoms with Gasteiger partial charge in [0.05, 0.1) is 0 Å². The van der Waals surface area contributed by atoms with Gasteiger partial charge < -0.3 is 4.90 Å². The minimum atomic E-state index is 0.924. The first-order chi connectivity index (χ1) is 3.80. The van der Waals surface area contributed by atoms with Gasteiger partial charge in [-0.2, -0.15) is 0 Å². The smallest absolute Gasteiger partial charge is 0.101 e. The summed E-state index contributed by atoms with van der Waals surface area (Å²) in [5, 5.41) is 0.924. The average molecular weight is 126 g/mol. The first-order valence-electron chi connectivity index (χ1n) is 2.55. The fraction of sp³-hybridized carbons (Fsp3) is 0.333. The summed E-state index contributed by atoms with van der Waals surface area (Å²) < 4.78 is 0. The maximum absolute atomic E-state index is 4.95. The molecule has 0 aromatic carbocycles. The summed E-state index contributed by atoms with van der Waals surface area (Å²) in [6, 6.07) is 0. The standard InChI is InChI=1S/C6H8NS/c1-7-5-3-2-4-6(7)8/h2-4H,5H2,1H3. The van der Waals surface area contributed by atoms with Gasteiger partial charge in [-0.3, -0.25) is 0 Å². The van der Waals surface area contributed by atoms with Crippen LogP contribution in [0.3, 0.4) is 0 Å². The van der Waals surface area contributed by atoms with Crippen LogP contribution in [0.2, 0.25) is 0 Å². The number of nitrogens with zero attached hydrogens (tertiary/aromatic N) is 1. The van der Waals surface area contributed by atoms with Crippen LogP contribution in [0, 0.1) is 0 Å². The Bertz CT molecular complexity index is 137. The van der Waals surface area contributed by atoms with Gasteiger partial charge in [-0.15, -0.1) is 0 Å². The molecule has 0 bridgehead atoms. The molecule has 8 heavy (non-hydrogen) atoms. The molecule has 0 saturated carbocycles. The van der Waals surface area contributed by atoms with E-state index in [1.165, 1.54) is 0 Å². The van der Waals surface area contributed by atoms with Crippen molar-refractivity contribution in [2.75, 3.05) is 13.6 Å². The predicted molar refractivity (Wildman–Crippen MR) is 37.4 cm³/mol. The van der Waals surface area contributed by atoms with E-state index in [0.717, 1.165) is 11.6 Å². The third kappa shape index (κ3) is 1.01. The molecule has 0 unspecified atom stereocenters. The van der Waals surface area contributed by atoms with Gasteiger partial charge in [0.25, 0.3) is 0 Å². The van der Waals surface area contributed by atoms with E-state index in [1.807, 2.05) is 24.1 Å². The third-order valence-corrected chi connectivity index (χ3v) is 1.58. The van der Waals surface area contributed by atoms with Crippen LogP contribution in [0.15, 0.2) is 23.3 Å². The Balaban J connectivity index is 2.66. The first-order valence-corrected chi connectivity index (χ1v) is 2.96. The van der Waals surface area contributed by atoms with Crippen LogP contribution in [-0.2, 0) is 0 Å². The normalized spacial score (nSPS) is 18.6. The molecule has 1 aliphatic rings. The number of likely N-dealkylation sites (N-methyl/N-ethyl adjacent to an activating group) is 1. The molecular weight excluding hydrogens is 118 g/mol. The lowest BCUT2D eigenvalue weighted by molar-refractivity contribution is 0.493. The van der Waals surface area contributed by atoms with Crippen LogP contribution in [-0.4, -0.2) is 18.5 Å². The molecular formula is C6H8NS. The topological polar surface area (TPSA) is 3.24 Å². The zero-order chi connectivity index (χ0) is 5.98. The summed E-state index contributed by atoms with van der Waals surface area (Å²) in [6.45, 7) is 0.954. The van der Waals surface area contributed by atoms with E-state index in [1.54, 1.807) is 0 Å². The summed E-state index contributed by atoms with van der Waals surface area (Å²) in [4.78, 5) is 2.02. The van der Waals surface area contributed by atoms with E-state index in [-0.39, 0.29) is 0 Å². The van der Waals surface area contributed by atoms with Crippen molar-refractivity contribution in [3.05, 3.63) is 23.3 Å². The molecule has 1 rings (SSSR count). The molecule has 43 valence electrons. The highest BCUT2D eigenvalue weighted by atomic mass is 32.1. The molecule has 0 aliphatic carbocycles. The van der Waals surface area contributed by atoms with Gasteiger partial charge in [-0.25, -0.2) is 0 Å². The van der Waals surface area contributed by atoms with E-state index in [9.17, 15) is 0 Å². The maximum Gasteiger partial charge on any atom is 0.101 e. The summed E-state index contributed by atoms with van der Waals surface area (Å²) >= 11 is 4.95. The van der Waals surface area contributed by atoms with Crippen molar-refractivity contribution in [3.63, 3.8) is 0 Å². The number of hydrogen-bond donors (Lipinski definition) is 0. The summed E-state index contributed by atoms with van der Waals surface area (Å²) in [6.07, 6.45) is 6.00. The molecule has 1 aliphatic heterocycles. The lowest BCUT2D eigenvalue weighted by Crippen LogP contribution is -2.15. The number of allylic oxidation sites excluding steroid dienone is 2. The second-order valence-corrected chi connectivity index (χ2v) is 2.23. The van der Waals surface area contributed by atoms with Crippen LogP contribution < -0.4 is 0 Å². The van der Waals surface area contributed by atoms with Crippen LogP contribution in [0.1, 0.15) is 0 Å². The minimum Gasteiger partial charge on any atom is -0.362 e. The Labute approximate surface area is 55.1 Å². The molecule has 1 heterocycles. The highest BCUT2D eigenvalue weighted by Crippen LogP contribution is 2.09. The van der Waals surface area contributed by atoms with Crippen molar-refractivity contribution in [2.24, 2.45) is 0 Å². The Morgan fingerprint density at radius 1 is 1.75 bits per heavy atom. The van der Waals surface area contributed by atoms with Gasteiger partial charge in [-0.05, 0) is 6.08 Å². The summed E-state index contributed by atoms with van der Waals surface area (Å²) in [7, 11) is 1.99. The van der Waals surface area contributed by atoms with E-state index < -0.39 is 0 Å². The summed E-state index contributed by atoms with van der Waals surface area (Å²) in [5.74, 6) is 0. The molecule has 0 aromatic heterocycles. The zero-order valence-electron chi connectivity index (χ0n) is 4.79. The molecule has 0 spiro atoms. The zero-order valence-corrected chi connectivity index (χ0v) is 5.61. The highest BCUT2D eigenvalue weighted by Gasteiger charge is 1.98. The lowest BCUT2D eigenvalue weighted by Gasteiger charge is -2.17. The molecule has 1 nitrogen and oxygen atoms in total. The van der Waals surface area contributed by atoms with Crippen molar-refractivity contribution in [3.8, 4) is 0 Å². The Morgan fingerprint density at radius 2 is 2.50 bits per heavy atom. The Hall–Kier alpha value is -0.500. The number of hydrogen-bond acceptors (Lipinski definition) is 1. The largest absolute Gasteiger partial charge is 0.362 e. The van der Waals surface area contributed by atoms with Gasteiger partial charge in [0.2, 0.25) is 0 Å². The number of rotatable bonds is 0. The van der Waals surface area contributed by atoms with Crippen LogP contribution in [0.25, 0.3) is 0 Å². The fourth-order valence-electron chi connectivity index (χ4n) is 0.587. The second kappa shape index (κ2) is 2.18. The molecule has 0 N–H and O–H groups in total. The fourth-order valence-corrected chi connectivity index (χ4v) is 0.740. The first kappa shape index (κ1) is 5.63. The van der Waals surface area contributed by atoms with Gasteiger partial charge in [-0.1, -0.05) is 24.8 Å². The van der Waals surface area contributed by atoms with Crippen molar-refractivity contribution < 1.29 is 0 Å². The van der Waals surface area contributed by atoms with Gasteiger partial charge >= 0.3 is 0 Å². The van der Waals surface area contributed by atoms with Crippen molar-refractivity contribution in [2.45, 2.75) is 0 Å². The SMILES string of the molecule is CN1CC=CC=C1[S].